The van der Waals surface area contributed by atoms with Gasteiger partial charge in [0.1, 0.15) is 5.52 Å². The van der Waals surface area contributed by atoms with Crippen molar-refractivity contribution in [1.29, 1.82) is 0 Å². The van der Waals surface area contributed by atoms with Crippen molar-refractivity contribution in [2.75, 3.05) is 36.0 Å². The third-order valence-corrected chi connectivity index (χ3v) is 4.61. The number of anilines is 2. The molecular formula is C17H18ClN5. The topological polar surface area (TPSA) is 37.2 Å². The van der Waals surface area contributed by atoms with Gasteiger partial charge in [0.25, 0.3) is 0 Å². The van der Waals surface area contributed by atoms with Gasteiger partial charge in [0.2, 0.25) is 5.95 Å². The second-order valence-corrected chi connectivity index (χ2v) is 6.20. The lowest BCUT2D eigenvalue weighted by Gasteiger charge is -2.36. The first-order valence-corrected chi connectivity index (χ1v) is 8.13. The van der Waals surface area contributed by atoms with Crippen LogP contribution < -0.4 is 9.80 Å². The number of hydrogen-bond donors (Lipinski definition) is 0. The number of imidazole rings is 1. The maximum Gasteiger partial charge on any atom is 0.207 e. The zero-order valence-electron chi connectivity index (χ0n) is 13.0. The van der Waals surface area contributed by atoms with Gasteiger partial charge < -0.3 is 9.80 Å². The Morgan fingerprint density at radius 1 is 0.957 bits per heavy atom. The summed E-state index contributed by atoms with van der Waals surface area (Å²) in [5, 5.41) is 0.777. The number of fused-ring (bicyclic) bond motifs is 1. The first-order valence-electron chi connectivity index (χ1n) is 7.75. The van der Waals surface area contributed by atoms with Gasteiger partial charge in [-0.25, -0.2) is 9.97 Å². The summed E-state index contributed by atoms with van der Waals surface area (Å²) in [4.78, 5) is 13.9. The lowest BCUT2D eigenvalue weighted by atomic mass is 10.2. The van der Waals surface area contributed by atoms with Crippen LogP contribution in [0, 0.1) is 0 Å². The van der Waals surface area contributed by atoms with Crippen molar-refractivity contribution in [3.63, 3.8) is 0 Å². The van der Waals surface area contributed by atoms with Crippen LogP contribution in [0.4, 0.5) is 11.6 Å². The minimum absolute atomic E-state index is 0.777. The lowest BCUT2D eigenvalue weighted by molar-refractivity contribution is 0.632. The predicted molar refractivity (Wildman–Crippen MR) is 94.4 cm³/mol. The molecule has 3 heterocycles. The van der Waals surface area contributed by atoms with Gasteiger partial charge >= 0.3 is 0 Å². The zero-order chi connectivity index (χ0) is 15.8. The van der Waals surface area contributed by atoms with Crippen LogP contribution in [0.5, 0.6) is 0 Å². The van der Waals surface area contributed by atoms with Crippen LogP contribution >= 0.6 is 11.6 Å². The molecule has 0 N–H and O–H groups in total. The Morgan fingerprint density at radius 3 is 2.35 bits per heavy atom. The number of rotatable bonds is 2. The van der Waals surface area contributed by atoms with Gasteiger partial charge in [0, 0.05) is 50.1 Å². The molecule has 0 atom stereocenters. The quantitative estimate of drug-likeness (QED) is 0.725. The van der Waals surface area contributed by atoms with E-state index >= 15 is 0 Å². The van der Waals surface area contributed by atoms with Crippen molar-refractivity contribution < 1.29 is 0 Å². The number of pyridine rings is 1. The largest absolute Gasteiger partial charge is 0.368 e. The van der Waals surface area contributed by atoms with Crippen LogP contribution in [-0.4, -0.2) is 40.7 Å². The zero-order valence-corrected chi connectivity index (χ0v) is 13.7. The number of halogens is 1. The summed E-state index contributed by atoms with van der Waals surface area (Å²) in [7, 11) is 2.03. The number of piperazine rings is 1. The minimum Gasteiger partial charge on any atom is -0.368 e. The van der Waals surface area contributed by atoms with E-state index in [9.17, 15) is 0 Å². The molecule has 0 radical (unpaired) electrons. The third-order valence-electron chi connectivity index (χ3n) is 4.36. The van der Waals surface area contributed by atoms with E-state index in [1.807, 2.05) is 37.5 Å². The molecule has 1 aliphatic rings. The van der Waals surface area contributed by atoms with E-state index in [1.165, 1.54) is 5.69 Å². The van der Waals surface area contributed by atoms with E-state index in [1.54, 1.807) is 0 Å². The van der Waals surface area contributed by atoms with Crippen molar-refractivity contribution in [3.05, 3.63) is 47.6 Å². The molecule has 0 saturated carbocycles. The van der Waals surface area contributed by atoms with Gasteiger partial charge in [-0.15, -0.1) is 0 Å². The van der Waals surface area contributed by atoms with Crippen LogP contribution in [0.3, 0.4) is 0 Å². The molecule has 5 nitrogen and oxygen atoms in total. The molecule has 0 amide bonds. The molecule has 6 heteroatoms. The number of nitrogens with zero attached hydrogens (tertiary/aromatic N) is 5. The van der Waals surface area contributed by atoms with Gasteiger partial charge in [0.05, 0.1) is 0 Å². The standard InChI is InChI=1S/C17H18ClN5/c1-21-16-15(3-2-8-19-16)20-17(21)23-11-9-22(10-12-23)14-6-4-13(18)5-7-14/h2-8H,9-12H2,1H3. The number of hydrogen-bond acceptors (Lipinski definition) is 4. The predicted octanol–water partition coefficient (Wildman–Crippen LogP) is 2.95. The molecular weight excluding hydrogens is 310 g/mol. The van der Waals surface area contributed by atoms with Gasteiger partial charge in [-0.05, 0) is 36.4 Å². The van der Waals surface area contributed by atoms with Crippen molar-refractivity contribution in [2.24, 2.45) is 7.05 Å². The van der Waals surface area contributed by atoms with Crippen LogP contribution in [0.15, 0.2) is 42.6 Å². The monoisotopic (exact) mass is 327 g/mol. The Kier molecular flexibility index (Phi) is 3.58. The van der Waals surface area contributed by atoms with E-state index in [2.05, 4.69) is 31.5 Å². The molecule has 1 aliphatic heterocycles. The number of benzene rings is 1. The first kappa shape index (κ1) is 14.3. The van der Waals surface area contributed by atoms with Crippen molar-refractivity contribution in [3.8, 4) is 0 Å². The van der Waals surface area contributed by atoms with Crippen LogP contribution in [0.1, 0.15) is 0 Å². The van der Waals surface area contributed by atoms with Crippen LogP contribution in [0.25, 0.3) is 11.2 Å². The van der Waals surface area contributed by atoms with Crippen LogP contribution in [0.2, 0.25) is 5.02 Å². The van der Waals surface area contributed by atoms with E-state index in [4.69, 9.17) is 16.6 Å². The summed E-state index contributed by atoms with van der Waals surface area (Å²) in [5.41, 5.74) is 3.11. The van der Waals surface area contributed by atoms with E-state index < -0.39 is 0 Å². The fourth-order valence-corrected chi connectivity index (χ4v) is 3.24. The molecule has 1 saturated heterocycles. The lowest BCUT2D eigenvalue weighted by Crippen LogP contribution is -2.47. The summed E-state index contributed by atoms with van der Waals surface area (Å²) in [6, 6.07) is 12.0. The molecule has 23 heavy (non-hydrogen) atoms. The molecule has 0 spiro atoms. The summed E-state index contributed by atoms with van der Waals surface area (Å²) >= 11 is 5.97. The maximum absolute atomic E-state index is 5.97. The highest BCUT2D eigenvalue weighted by Gasteiger charge is 2.21. The molecule has 0 bridgehead atoms. The number of aryl methyl sites for hydroxylation is 1. The van der Waals surface area contributed by atoms with Gasteiger partial charge in [0.15, 0.2) is 5.65 Å². The molecule has 1 aromatic carbocycles. The number of aromatic nitrogens is 3. The Balaban J connectivity index is 1.52. The maximum atomic E-state index is 5.97. The molecule has 1 fully saturated rings. The SMILES string of the molecule is Cn1c(N2CCN(c3ccc(Cl)cc3)CC2)nc2cccnc21. The smallest absolute Gasteiger partial charge is 0.207 e. The fraction of sp³-hybridized carbons (Fsp3) is 0.294. The Bertz CT molecular complexity index is 819. The van der Waals surface area contributed by atoms with Crippen molar-refractivity contribution >= 4 is 34.4 Å². The minimum atomic E-state index is 0.777. The first-order chi connectivity index (χ1) is 11.2. The highest BCUT2D eigenvalue weighted by molar-refractivity contribution is 6.30. The van der Waals surface area contributed by atoms with Crippen LogP contribution in [-0.2, 0) is 7.05 Å². The second kappa shape index (κ2) is 5.74. The molecule has 0 aliphatic carbocycles. The van der Waals surface area contributed by atoms with E-state index in [-0.39, 0.29) is 0 Å². The second-order valence-electron chi connectivity index (χ2n) is 5.77. The van der Waals surface area contributed by atoms with Gasteiger partial charge in [-0.2, -0.15) is 0 Å². The summed E-state index contributed by atoms with van der Waals surface area (Å²) in [6.07, 6.45) is 1.81. The Morgan fingerprint density at radius 2 is 1.65 bits per heavy atom. The average Bonchev–Trinajstić information content (AvgIpc) is 2.93. The average molecular weight is 328 g/mol. The molecule has 3 aromatic rings. The molecule has 118 valence electrons. The fourth-order valence-electron chi connectivity index (χ4n) is 3.11. The summed E-state index contributed by atoms with van der Waals surface area (Å²) in [5.74, 6) is 0.995. The highest BCUT2D eigenvalue weighted by Crippen LogP contribution is 2.23. The van der Waals surface area contributed by atoms with E-state index in [0.717, 1.165) is 48.3 Å². The molecule has 2 aromatic heterocycles. The highest BCUT2D eigenvalue weighted by atomic mass is 35.5. The Labute approximate surface area is 140 Å². The van der Waals surface area contributed by atoms with Gasteiger partial charge in [-0.1, -0.05) is 11.6 Å². The van der Waals surface area contributed by atoms with Crippen molar-refractivity contribution in [1.82, 2.24) is 14.5 Å². The van der Waals surface area contributed by atoms with E-state index in [0.29, 0.717) is 0 Å². The molecule has 0 unspecified atom stereocenters. The summed E-state index contributed by atoms with van der Waals surface area (Å²) < 4.78 is 2.08. The van der Waals surface area contributed by atoms with Gasteiger partial charge in [-0.3, -0.25) is 4.57 Å². The Hall–Kier alpha value is -2.27. The summed E-state index contributed by atoms with van der Waals surface area (Å²) in [6.45, 7) is 3.83. The third kappa shape index (κ3) is 2.61. The normalized spacial score (nSPS) is 15.4. The molecule has 4 rings (SSSR count). The van der Waals surface area contributed by atoms with Crippen molar-refractivity contribution in [2.45, 2.75) is 0 Å².